The zero-order valence-electron chi connectivity index (χ0n) is 18.6. The third kappa shape index (κ3) is 4.92. The Labute approximate surface area is 200 Å². The average molecular weight is 475 g/mol. The average Bonchev–Trinajstić information content (AvgIpc) is 3.52. The van der Waals surface area contributed by atoms with Crippen molar-refractivity contribution >= 4 is 27.4 Å². The molecular weight excluding hydrogens is 451 g/mol. The second-order valence-corrected chi connectivity index (χ2v) is 9.10. The molecule has 0 atom stereocenters. The molecule has 0 aliphatic carbocycles. The Hall–Kier alpha value is -3.78. The molecule has 0 fully saturated rings. The minimum absolute atomic E-state index is 0.530. The van der Waals surface area contributed by atoms with Crippen LogP contribution in [0.15, 0.2) is 71.4 Å². The standard InChI is InChI=1S/C26H23FN4O2S/c1-17-15-22-24(29-25(30-26(22)34-17)23-12-14-33-31-23)28-13-2-3-18-4-6-19(7-5-18)20-8-10-21(11-9-20)32-16-27/h4-12,14-15H,2-3,13,16H2,1H3,(H,28,29,30). The summed E-state index contributed by atoms with van der Waals surface area (Å²) in [5, 5.41) is 8.49. The van der Waals surface area contributed by atoms with E-state index in [2.05, 4.69) is 52.7 Å². The second-order valence-electron chi connectivity index (χ2n) is 7.86. The van der Waals surface area contributed by atoms with E-state index >= 15 is 0 Å². The molecule has 1 N–H and O–H groups in total. The Morgan fingerprint density at radius 1 is 1.00 bits per heavy atom. The fourth-order valence-electron chi connectivity index (χ4n) is 3.79. The Morgan fingerprint density at radius 3 is 2.47 bits per heavy atom. The smallest absolute Gasteiger partial charge is 0.228 e. The summed E-state index contributed by atoms with van der Waals surface area (Å²) in [7, 11) is 0. The van der Waals surface area contributed by atoms with E-state index in [9.17, 15) is 4.39 Å². The Balaban J connectivity index is 1.21. The van der Waals surface area contributed by atoms with Gasteiger partial charge in [-0.25, -0.2) is 14.4 Å². The van der Waals surface area contributed by atoms with Crippen molar-refractivity contribution in [3.8, 4) is 28.4 Å². The van der Waals surface area contributed by atoms with Crippen LogP contribution in [0.4, 0.5) is 10.2 Å². The molecule has 6 nitrogen and oxygen atoms in total. The number of benzene rings is 2. The van der Waals surface area contributed by atoms with Crippen LogP contribution in [-0.2, 0) is 6.42 Å². The molecule has 0 saturated carbocycles. The first-order valence-electron chi connectivity index (χ1n) is 11.0. The molecule has 3 heterocycles. The van der Waals surface area contributed by atoms with Gasteiger partial charge in [0.25, 0.3) is 0 Å². The molecule has 0 aliphatic heterocycles. The molecule has 0 bridgehead atoms. The molecule has 172 valence electrons. The molecule has 34 heavy (non-hydrogen) atoms. The van der Waals surface area contributed by atoms with Gasteiger partial charge in [-0.1, -0.05) is 41.6 Å². The number of aryl methyl sites for hydroxylation is 2. The number of halogens is 1. The van der Waals surface area contributed by atoms with Crippen molar-refractivity contribution in [2.24, 2.45) is 0 Å². The van der Waals surface area contributed by atoms with Gasteiger partial charge in [-0.3, -0.25) is 0 Å². The van der Waals surface area contributed by atoms with E-state index in [4.69, 9.17) is 14.2 Å². The Bertz CT molecular complexity index is 1370. The summed E-state index contributed by atoms with van der Waals surface area (Å²) >= 11 is 1.64. The van der Waals surface area contributed by atoms with Gasteiger partial charge in [0.05, 0.1) is 5.39 Å². The van der Waals surface area contributed by atoms with Gasteiger partial charge in [0, 0.05) is 17.5 Å². The van der Waals surface area contributed by atoms with Gasteiger partial charge in [0.2, 0.25) is 6.86 Å². The number of alkyl halides is 1. The topological polar surface area (TPSA) is 73.1 Å². The summed E-state index contributed by atoms with van der Waals surface area (Å²) < 4.78 is 22.1. The number of hydrogen-bond acceptors (Lipinski definition) is 7. The van der Waals surface area contributed by atoms with Crippen LogP contribution in [0.1, 0.15) is 16.9 Å². The van der Waals surface area contributed by atoms with E-state index in [1.54, 1.807) is 29.5 Å². The summed E-state index contributed by atoms with van der Waals surface area (Å²) in [6.45, 7) is 2.04. The normalized spacial score (nSPS) is 11.1. The quantitative estimate of drug-likeness (QED) is 0.241. The monoisotopic (exact) mass is 474 g/mol. The summed E-state index contributed by atoms with van der Waals surface area (Å²) in [4.78, 5) is 11.5. The van der Waals surface area contributed by atoms with E-state index in [0.717, 1.165) is 46.5 Å². The molecular formula is C26H23FN4O2S. The van der Waals surface area contributed by atoms with E-state index in [1.807, 2.05) is 12.1 Å². The van der Waals surface area contributed by atoms with Crippen molar-refractivity contribution in [2.45, 2.75) is 19.8 Å². The third-order valence-electron chi connectivity index (χ3n) is 5.48. The second kappa shape index (κ2) is 10.0. The van der Waals surface area contributed by atoms with Crippen molar-refractivity contribution in [2.75, 3.05) is 18.7 Å². The first-order chi connectivity index (χ1) is 16.7. The van der Waals surface area contributed by atoms with Crippen LogP contribution in [0, 0.1) is 6.92 Å². The molecule has 5 aromatic rings. The van der Waals surface area contributed by atoms with E-state index in [-0.39, 0.29) is 0 Å². The fraction of sp³-hybridized carbons (Fsp3) is 0.192. The molecule has 0 saturated heterocycles. The van der Waals surface area contributed by atoms with E-state index in [0.29, 0.717) is 17.3 Å². The van der Waals surface area contributed by atoms with Crippen LogP contribution in [0.25, 0.3) is 32.9 Å². The van der Waals surface area contributed by atoms with E-state index < -0.39 is 6.86 Å². The predicted octanol–water partition coefficient (Wildman–Crippen LogP) is 6.67. The summed E-state index contributed by atoms with van der Waals surface area (Å²) in [6.07, 6.45) is 3.43. The summed E-state index contributed by atoms with van der Waals surface area (Å²) in [5.41, 5.74) is 4.08. The lowest BCUT2D eigenvalue weighted by Gasteiger charge is -2.09. The number of thiophene rings is 1. The van der Waals surface area contributed by atoms with Crippen LogP contribution < -0.4 is 10.1 Å². The molecule has 0 unspecified atom stereocenters. The first kappa shape index (κ1) is 22.0. The summed E-state index contributed by atoms with van der Waals surface area (Å²) in [5.74, 6) is 1.91. The maximum Gasteiger partial charge on any atom is 0.228 e. The van der Waals surface area contributed by atoms with Gasteiger partial charge in [0.1, 0.15) is 22.7 Å². The zero-order valence-corrected chi connectivity index (χ0v) is 19.4. The van der Waals surface area contributed by atoms with Gasteiger partial charge in [0.15, 0.2) is 11.5 Å². The van der Waals surface area contributed by atoms with Crippen LogP contribution in [0.3, 0.4) is 0 Å². The maximum atomic E-state index is 12.3. The predicted molar refractivity (Wildman–Crippen MR) is 133 cm³/mol. The van der Waals surface area contributed by atoms with Gasteiger partial charge in [-0.05, 0) is 54.7 Å². The van der Waals surface area contributed by atoms with Crippen molar-refractivity contribution < 1.29 is 13.7 Å². The van der Waals surface area contributed by atoms with Crippen LogP contribution >= 0.6 is 11.3 Å². The molecule has 3 aromatic heterocycles. The van der Waals surface area contributed by atoms with Crippen molar-refractivity contribution in [3.63, 3.8) is 0 Å². The highest BCUT2D eigenvalue weighted by molar-refractivity contribution is 7.18. The number of hydrogen-bond donors (Lipinski definition) is 1. The molecule has 0 aliphatic rings. The Morgan fingerprint density at radius 2 is 1.76 bits per heavy atom. The van der Waals surface area contributed by atoms with Crippen LogP contribution in [0.5, 0.6) is 5.75 Å². The van der Waals surface area contributed by atoms with Gasteiger partial charge < -0.3 is 14.6 Å². The number of aromatic nitrogens is 3. The highest BCUT2D eigenvalue weighted by Gasteiger charge is 2.13. The number of nitrogens with zero attached hydrogens (tertiary/aromatic N) is 3. The molecule has 0 amide bonds. The van der Waals surface area contributed by atoms with E-state index in [1.165, 1.54) is 16.7 Å². The van der Waals surface area contributed by atoms with Crippen LogP contribution in [-0.4, -0.2) is 28.5 Å². The number of fused-ring (bicyclic) bond motifs is 1. The molecule has 0 radical (unpaired) electrons. The summed E-state index contributed by atoms with van der Waals surface area (Å²) in [6, 6.07) is 19.8. The minimum atomic E-state index is -0.819. The fourth-order valence-corrected chi connectivity index (χ4v) is 4.67. The molecule has 8 heteroatoms. The number of ether oxygens (including phenoxy) is 1. The van der Waals surface area contributed by atoms with Crippen molar-refractivity contribution in [1.82, 2.24) is 15.1 Å². The van der Waals surface area contributed by atoms with Gasteiger partial charge in [-0.15, -0.1) is 11.3 Å². The SMILES string of the molecule is Cc1cc2c(NCCCc3ccc(-c4ccc(OCF)cc4)cc3)nc(-c3ccon3)nc2s1. The number of anilines is 1. The number of rotatable bonds is 9. The van der Waals surface area contributed by atoms with Crippen molar-refractivity contribution in [1.29, 1.82) is 0 Å². The highest BCUT2D eigenvalue weighted by atomic mass is 32.1. The van der Waals surface area contributed by atoms with Gasteiger partial charge in [-0.2, -0.15) is 0 Å². The lowest BCUT2D eigenvalue weighted by Crippen LogP contribution is -2.06. The molecule has 2 aromatic carbocycles. The maximum absolute atomic E-state index is 12.3. The van der Waals surface area contributed by atoms with Crippen molar-refractivity contribution in [3.05, 3.63) is 77.4 Å². The molecule has 5 rings (SSSR count). The zero-order chi connectivity index (χ0) is 23.3. The minimum Gasteiger partial charge on any atom is -0.463 e. The molecule has 0 spiro atoms. The first-order valence-corrected chi connectivity index (χ1v) is 11.8. The lowest BCUT2D eigenvalue weighted by atomic mass is 10.0. The van der Waals surface area contributed by atoms with Gasteiger partial charge >= 0.3 is 0 Å². The third-order valence-corrected chi connectivity index (χ3v) is 6.42. The van der Waals surface area contributed by atoms with Crippen LogP contribution in [0.2, 0.25) is 0 Å². The largest absolute Gasteiger partial charge is 0.463 e. The highest BCUT2D eigenvalue weighted by Crippen LogP contribution is 2.30. The number of nitrogens with one attached hydrogen (secondary N) is 1. The lowest BCUT2D eigenvalue weighted by molar-refractivity contribution is 0.192. The Kier molecular flexibility index (Phi) is 6.49.